The molecule has 7 aliphatic rings. The Hall–Kier alpha value is -1.39. The summed E-state index contributed by atoms with van der Waals surface area (Å²) in [5.41, 5.74) is 7.58. The molecule has 3 N–H and O–H groups in total. The molecular formula is C25H36N2O2. The molecule has 1 aromatic carbocycles. The topological polar surface area (TPSA) is 66.6 Å². The van der Waals surface area contributed by atoms with Crippen LogP contribution in [0.3, 0.4) is 0 Å². The molecule has 4 aliphatic carbocycles. The van der Waals surface area contributed by atoms with Gasteiger partial charge in [0, 0.05) is 5.54 Å². The van der Waals surface area contributed by atoms with Gasteiger partial charge in [0.25, 0.3) is 0 Å². The van der Waals surface area contributed by atoms with Gasteiger partial charge in [0.1, 0.15) is 0 Å². The van der Waals surface area contributed by atoms with Crippen molar-refractivity contribution < 1.29 is 9.90 Å². The predicted molar refractivity (Wildman–Crippen MR) is 115 cm³/mol. The number of benzene rings is 1. The van der Waals surface area contributed by atoms with E-state index in [1.165, 1.54) is 63.7 Å². The number of hydrogen-bond acceptors (Lipinski definition) is 3. The van der Waals surface area contributed by atoms with Crippen molar-refractivity contribution in [2.24, 2.45) is 22.5 Å². The van der Waals surface area contributed by atoms with Crippen LogP contribution in [0.15, 0.2) is 30.3 Å². The lowest BCUT2D eigenvalue weighted by molar-refractivity contribution is -0.176. The molecule has 0 amide bonds. The van der Waals surface area contributed by atoms with Crippen LogP contribution < -0.4 is 5.73 Å². The summed E-state index contributed by atoms with van der Waals surface area (Å²) in [5.74, 6) is 0.0562. The Bertz CT molecular complexity index is 773. The third kappa shape index (κ3) is 3.33. The second-order valence-electron chi connectivity index (χ2n) is 11.5. The first-order valence-corrected chi connectivity index (χ1v) is 11.5. The first-order valence-electron chi connectivity index (χ1n) is 11.5. The number of nitrogens with zero attached hydrogens (tertiary/aromatic N) is 1. The van der Waals surface area contributed by atoms with Gasteiger partial charge in [0.05, 0.1) is 5.41 Å². The molecule has 3 aliphatic heterocycles. The summed E-state index contributed by atoms with van der Waals surface area (Å²) in [7, 11) is 0. The molecule has 0 aromatic heterocycles. The zero-order valence-electron chi connectivity index (χ0n) is 17.8. The van der Waals surface area contributed by atoms with Crippen LogP contribution in [0.25, 0.3) is 0 Å². The maximum Gasteiger partial charge on any atom is 0.309 e. The first-order chi connectivity index (χ1) is 13.7. The summed E-state index contributed by atoms with van der Waals surface area (Å²) in [6, 6.07) is 10.7. The van der Waals surface area contributed by atoms with Crippen molar-refractivity contribution >= 4 is 5.97 Å². The van der Waals surface area contributed by atoms with Gasteiger partial charge >= 0.3 is 5.97 Å². The quantitative estimate of drug-likeness (QED) is 0.787. The van der Waals surface area contributed by atoms with Crippen molar-refractivity contribution in [3.05, 3.63) is 35.9 Å². The Kier molecular flexibility index (Phi) is 4.42. The smallest absolute Gasteiger partial charge is 0.309 e. The molecule has 4 saturated carbocycles. The van der Waals surface area contributed by atoms with Crippen LogP contribution in [-0.4, -0.2) is 41.1 Å². The number of fused-ring (bicyclic) bond motifs is 3. The standard InChI is InChI=1S/C18H22O2.C7H14N2/c1-16-7-13-8-17(10-16,14-5-3-2-4-6-14)12-18(9-13,11-16)15(19)20;8-7-1-4-9(5-2-7)6-3-7/h2-6,13H,7-12H2,1H3,(H,19,20);1-6,8H2. The molecule has 4 atom stereocenters. The fraction of sp³-hybridized carbons (Fsp3) is 0.720. The van der Waals surface area contributed by atoms with E-state index >= 15 is 0 Å². The van der Waals surface area contributed by atoms with Crippen LogP contribution in [0, 0.1) is 16.7 Å². The lowest BCUT2D eigenvalue weighted by Crippen LogP contribution is -2.60. The van der Waals surface area contributed by atoms with Gasteiger partial charge in [-0.05, 0) is 99.7 Å². The highest BCUT2D eigenvalue weighted by Crippen LogP contribution is 2.70. The molecule has 0 radical (unpaired) electrons. The second kappa shape index (κ2) is 6.55. The fourth-order valence-corrected chi connectivity index (χ4v) is 8.13. The Morgan fingerprint density at radius 3 is 2.17 bits per heavy atom. The second-order valence-corrected chi connectivity index (χ2v) is 11.5. The van der Waals surface area contributed by atoms with Crippen LogP contribution >= 0.6 is 0 Å². The lowest BCUT2D eigenvalue weighted by atomic mass is 9.39. The van der Waals surface area contributed by atoms with E-state index in [0.29, 0.717) is 5.92 Å². The van der Waals surface area contributed by atoms with Gasteiger partial charge in [-0.3, -0.25) is 4.79 Å². The third-order valence-corrected chi connectivity index (χ3v) is 8.97. The number of nitrogens with two attached hydrogens (primary N) is 1. The number of aliphatic carboxylic acids is 1. The summed E-state index contributed by atoms with van der Waals surface area (Å²) in [5, 5.41) is 9.85. The molecule has 0 spiro atoms. The summed E-state index contributed by atoms with van der Waals surface area (Å²) in [6.45, 7) is 6.07. The minimum absolute atomic E-state index is 0.119. The van der Waals surface area contributed by atoms with E-state index < -0.39 is 11.4 Å². The van der Waals surface area contributed by atoms with Crippen molar-refractivity contribution in [3.8, 4) is 0 Å². The molecule has 7 fully saturated rings. The normalized spacial score (nSPS) is 46.8. The van der Waals surface area contributed by atoms with E-state index in [0.717, 1.165) is 19.3 Å². The third-order valence-electron chi connectivity index (χ3n) is 8.97. The SMILES string of the molecule is CC12CC3CC(C(=O)O)(C1)CC(c1ccccc1)(C3)C2.NC12CCN(CC1)CC2. The monoisotopic (exact) mass is 396 g/mol. The maximum atomic E-state index is 12.0. The Labute approximate surface area is 174 Å². The molecule has 1 aromatic rings. The van der Waals surface area contributed by atoms with Crippen LogP contribution in [0.1, 0.15) is 70.3 Å². The highest BCUT2D eigenvalue weighted by molar-refractivity contribution is 5.76. The van der Waals surface area contributed by atoms with Gasteiger partial charge in [-0.15, -0.1) is 0 Å². The Morgan fingerprint density at radius 2 is 1.66 bits per heavy atom. The highest BCUT2D eigenvalue weighted by atomic mass is 16.4. The molecule has 3 saturated heterocycles. The summed E-state index contributed by atoms with van der Waals surface area (Å²) in [6.07, 6.45) is 9.94. The van der Waals surface area contributed by atoms with Gasteiger partial charge in [-0.2, -0.15) is 0 Å². The van der Waals surface area contributed by atoms with E-state index in [4.69, 9.17) is 5.73 Å². The molecule has 4 nitrogen and oxygen atoms in total. The molecule has 4 unspecified atom stereocenters. The van der Waals surface area contributed by atoms with Gasteiger partial charge in [0.2, 0.25) is 0 Å². The van der Waals surface area contributed by atoms with Crippen molar-refractivity contribution in [2.75, 3.05) is 19.6 Å². The predicted octanol–water partition coefficient (Wildman–Crippen LogP) is 4.18. The van der Waals surface area contributed by atoms with Crippen LogP contribution in [-0.2, 0) is 10.2 Å². The minimum Gasteiger partial charge on any atom is -0.481 e. The zero-order chi connectivity index (χ0) is 20.3. The summed E-state index contributed by atoms with van der Waals surface area (Å²) in [4.78, 5) is 14.5. The number of carboxylic acids is 1. The molecule has 3 heterocycles. The number of hydrogen-bond donors (Lipinski definition) is 2. The summed E-state index contributed by atoms with van der Waals surface area (Å²) < 4.78 is 0. The molecular weight excluding hydrogens is 360 g/mol. The van der Waals surface area contributed by atoms with Gasteiger partial charge in [-0.1, -0.05) is 37.3 Å². The number of carbonyl (C=O) groups is 1. The fourth-order valence-electron chi connectivity index (χ4n) is 8.13. The van der Waals surface area contributed by atoms with E-state index in [-0.39, 0.29) is 16.4 Å². The number of carboxylic acid groups (broad SMARTS) is 1. The molecule has 4 heteroatoms. The Morgan fingerprint density at radius 1 is 1.00 bits per heavy atom. The van der Waals surface area contributed by atoms with Gasteiger partial charge < -0.3 is 15.7 Å². The van der Waals surface area contributed by atoms with Crippen molar-refractivity contribution in [2.45, 2.75) is 75.7 Å². The Balaban J connectivity index is 0.000000168. The molecule has 158 valence electrons. The van der Waals surface area contributed by atoms with E-state index in [1.807, 2.05) is 0 Å². The first kappa shape index (κ1) is 19.6. The van der Waals surface area contributed by atoms with Crippen LogP contribution in [0.4, 0.5) is 0 Å². The van der Waals surface area contributed by atoms with Crippen molar-refractivity contribution in [3.63, 3.8) is 0 Å². The molecule has 8 rings (SSSR count). The molecule has 6 bridgehead atoms. The van der Waals surface area contributed by atoms with E-state index in [1.54, 1.807) is 0 Å². The van der Waals surface area contributed by atoms with Gasteiger partial charge in [-0.25, -0.2) is 0 Å². The highest BCUT2D eigenvalue weighted by Gasteiger charge is 2.64. The van der Waals surface area contributed by atoms with Crippen molar-refractivity contribution in [1.82, 2.24) is 4.90 Å². The number of rotatable bonds is 2. The largest absolute Gasteiger partial charge is 0.481 e. The van der Waals surface area contributed by atoms with E-state index in [2.05, 4.69) is 42.2 Å². The number of piperidine rings is 3. The van der Waals surface area contributed by atoms with E-state index in [9.17, 15) is 9.90 Å². The molecule has 29 heavy (non-hydrogen) atoms. The average Bonchev–Trinajstić information content (AvgIpc) is 2.68. The maximum absolute atomic E-state index is 12.0. The van der Waals surface area contributed by atoms with Gasteiger partial charge in [0.15, 0.2) is 0 Å². The minimum atomic E-state index is -0.548. The lowest BCUT2D eigenvalue weighted by Gasteiger charge is -2.64. The summed E-state index contributed by atoms with van der Waals surface area (Å²) >= 11 is 0. The average molecular weight is 397 g/mol. The van der Waals surface area contributed by atoms with Crippen molar-refractivity contribution in [1.29, 1.82) is 0 Å². The van der Waals surface area contributed by atoms with Crippen LogP contribution in [0.2, 0.25) is 0 Å². The zero-order valence-corrected chi connectivity index (χ0v) is 17.8. The van der Waals surface area contributed by atoms with Crippen LogP contribution in [0.5, 0.6) is 0 Å².